The molecule has 1 heterocycles. The van der Waals surface area contributed by atoms with Gasteiger partial charge in [-0.2, -0.15) is 0 Å². The van der Waals surface area contributed by atoms with Crippen molar-refractivity contribution in [2.75, 3.05) is 20.3 Å². The van der Waals surface area contributed by atoms with Crippen molar-refractivity contribution in [2.24, 2.45) is 5.92 Å². The molecule has 1 rings (SSSR count). The highest BCUT2D eigenvalue weighted by Gasteiger charge is 2.36. The van der Waals surface area contributed by atoms with Gasteiger partial charge in [0.2, 0.25) is 5.91 Å². The molecule has 0 aromatic rings. The second-order valence-corrected chi connectivity index (χ2v) is 4.05. The van der Waals surface area contributed by atoms with E-state index in [4.69, 9.17) is 9.84 Å². The van der Waals surface area contributed by atoms with Crippen LogP contribution in [0.2, 0.25) is 0 Å². The van der Waals surface area contributed by atoms with Gasteiger partial charge in [0.05, 0.1) is 6.61 Å². The Bertz CT molecular complexity index is 270. The van der Waals surface area contributed by atoms with E-state index in [1.807, 2.05) is 0 Å². The van der Waals surface area contributed by atoms with Crippen LogP contribution in [-0.2, 0) is 14.3 Å². The molecule has 0 radical (unpaired) electrons. The van der Waals surface area contributed by atoms with E-state index in [1.54, 1.807) is 7.11 Å². The standard InChI is InChI=1S/C10H18N2O4/c1-6(13)11-4-9-7(5-16-2)3-8(12-9)10(14)15/h7-9,12H,3-5H2,1-2H3,(H,11,13)(H,14,15)/t7-,8+,9-/m0/s1. The summed E-state index contributed by atoms with van der Waals surface area (Å²) in [5, 5.41) is 14.6. The number of carbonyl (C=O) groups excluding carboxylic acids is 1. The van der Waals surface area contributed by atoms with E-state index in [-0.39, 0.29) is 17.9 Å². The number of hydrogen-bond donors (Lipinski definition) is 3. The number of carboxylic acid groups (broad SMARTS) is 1. The number of carbonyl (C=O) groups is 2. The Morgan fingerprint density at radius 2 is 2.25 bits per heavy atom. The molecular weight excluding hydrogens is 212 g/mol. The molecule has 1 saturated heterocycles. The summed E-state index contributed by atoms with van der Waals surface area (Å²) in [6, 6.07) is -0.580. The predicted molar refractivity (Wildman–Crippen MR) is 57.0 cm³/mol. The van der Waals surface area contributed by atoms with Gasteiger partial charge in [-0.25, -0.2) is 0 Å². The first-order valence-corrected chi connectivity index (χ1v) is 5.26. The molecule has 6 nitrogen and oxygen atoms in total. The number of nitrogens with one attached hydrogen (secondary N) is 2. The van der Waals surface area contributed by atoms with E-state index in [9.17, 15) is 9.59 Å². The predicted octanol–water partition coefficient (Wildman–Crippen LogP) is -0.800. The van der Waals surface area contributed by atoms with Crippen molar-refractivity contribution in [3.05, 3.63) is 0 Å². The summed E-state index contributed by atoms with van der Waals surface area (Å²) < 4.78 is 5.05. The van der Waals surface area contributed by atoms with Crippen molar-refractivity contribution in [1.29, 1.82) is 0 Å². The molecule has 0 aromatic heterocycles. The molecule has 3 atom stereocenters. The zero-order chi connectivity index (χ0) is 12.1. The highest BCUT2D eigenvalue weighted by atomic mass is 16.5. The van der Waals surface area contributed by atoms with Gasteiger partial charge in [0.15, 0.2) is 0 Å². The number of aliphatic carboxylic acids is 1. The topological polar surface area (TPSA) is 87.7 Å². The molecule has 1 aliphatic heterocycles. The summed E-state index contributed by atoms with van der Waals surface area (Å²) in [6.45, 7) is 2.38. The third-order valence-electron chi connectivity index (χ3n) is 2.77. The van der Waals surface area contributed by atoms with Gasteiger partial charge in [-0.3, -0.25) is 14.9 Å². The average molecular weight is 230 g/mol. The molecule has 92 valence electrons. The molecule has 6 heteroatoms. The Morgan fingerprint density at radius 3 is 2.75 bits per heavy atom. The van der Waals surface area contributed by atoms with Crippen molar-refractivity contribution in [3.63, 3.8) is 0 Å². The zero-order valence-corrected chi connectivity index (χ0v) is 9.53. The largest absolute Gasteiger partial charge is 0.480 e. The van der Waals surface area contributed by atoms with Gasteiger partial charge in [0, 0.05) is 32.5 Å². The minimum atomic E-state index is -0.855. The zero-order valence-electron chi connectivity index (χ0n) is 9.53. The maximum atomic E-state index is 10.8. The summed E-state index contributed by atoms with van der Waals surface area (Å²) in [4.78, 5) is 21.6. The van der Waals surface area contributed by atoms with Gasteiger partial charge < -0.3 is 15.2 Å². The van der Waals surface area contributed by atoms with E-state index >= 15 is 0 Å². The van der Waals surface area contributed by atoms with Crippen molar-refractivity contribution in [1.82, 2.24) is 10.6 Å². The van der Waals surface area contributed by atoms with Crippen molar-refractivity contribution in [3.8, 4) is 0 Å². The van der Waals surface area contributed by atoms with Gasteiger partial charge in [-0.1, -0.05) is 0 Å². The van der Waals surface area contributed by atoms with Gasteiger partial charge in [0.25, 0.3) is 0 Å². The highest BCUT2D eigenvalue weighted by Crippen LogP contribution is 2.20. The third kappa shape index (κ3) is 3.46. The number of hydrogen-bond acceptors (Lipinski definition) is 4. The first kappa shape index (κ1) is 12.9. The number of ether oxygens (including phenoxy) is 1. The van der Waals surface area contributed by atoms with Crippen molar-refractivity contribution < 1.29 is 19.4 Å². The van der Waals surface area contributed by atoms with E-state index in [0.717, 1.165) is 0 Å². The fraction of sp³-hybridized carbons (Fsp3) is 0.800. The first-order chi connectivity index (χ1) is 7.54. The molecule has 0 unspecified atom stereocenters. The number of rotatable bonds is 5. The maximum absolute atomic E-state index is 10.8. The van der Waals surface area contributed by atoms with Gasteiger partial charge in [0.1, 0.15) is 6.04 Å². The Labute approximate surface area is 94.3 Å². The van der Waals surface area contributed by atoms with E-state index in [2.05, 4.69) is 10.6 Å². The minimum Gasteiger partial charge on any atom is -0.480 e. The Balaban J connectivity index is 2.51. The lowest BCUT2D eigenvalue weighted by Crippen LogP contribution is -2.44. The van der Waals surface area contributed by atoms with Crippen LogP contribution < -0.4 is 10.6 Å². The lowest BCUT2D eigenvalue weighted by Gasteiger charge is -2.18. The molecule has 1 fully saturated rings. The fourth-order valence-corrected chi connectivity index (χ4v) is 1.98. The van der Waals surface area contributed by atoms with Crippen LogP contribution in [0, 0.1) is 5.92 Å². The number of methoxy groups -OCH3 is 1. The normalized spacial score (nSPS) is 29.0. The molecule has 1 aliphatic rings. The van der Waals surface area contributed by atoms with Gasteiger partial charge in [-0.15, -0.1) is 0 Å². The summed E-state index contributed by atoms with van der Waals surface area (Å²) >= 11 is 0. The summed E-state index contributed by atoms with van der Waals surface area (Å²) in [5.41, 5.74) is 0. The maximum Gasteiger partial charge on any atom is 0.320 e. The summed E-state index contributed by atoms with van der Waals surface area (Å²) in [7, 11) is 1.59. The Hall–Kier alpha value is -1.14. The van der Waals surface area contributed by atoms with Crippen LogP contribution in [0.25, 0.3) is 0 Å². The van der Waals surface area contributed by atoms with Crippen LogP contribution in [0.3, 0.4) is 0 Å². The molecule has 0 aromatic carbocycles. The van der Waals surface area contributed by atoms with Crippen LogP contribution in [0.4, 0.5) is 0 Å². The molecule has 16 heavy (non-hydrogen) atoms. The average Bonchev–Trinajstić information content (AvgIpc) is 2.59. The first-order valence-electron chi connectivity index (χ1n) is 5.26. The van der Waals surface area contributed by atoms with Crippen LogP contribution in [-0.4, -0.2) is 49.3 Å². The van der Waals surface area contributed by atoms with Crippen LogP contribution in [0.15, 0.2) is 0 Å². The Morgan fingerprint density at radius 1 is 1.56 bits per heavy atom. The molecule has 1 amide bonds. The number of amides is 1. The molecular formula is C10H18N2O4. The number of carboxylic acids is 1. The van der Waals surface area contributed by atoms with E-state index < -0.39 is 12.0 Å². The molecule has 0 saturated carbocycles. The molecule has 3 N–H and O–H groups in total. The molecule has 0 spiro atoms. The van der Waals surface area contributed by atoms with E-state index in [1.165, 1.54) is 6.92 Å². The lowest BCUT2D eigenvalue weighted by atomic mass is 10.00. The molecule has 0 bridgehead atoms. The Kier molecular flexibility index (Phi) is 4.70. The second-order valence-electron chi connectivity index (χ2n) is 4.05. The smallest absolute Gasteiger partial charge is 0.320 e. The second kappa shape index (κ2) is 5.81. The fourth-order valence-electron chi connectivity index (χ4n) is 1.98. The lowest BCUT2D eigenvalue weighted by molar-refractivity contribution is -0.139. The highest BCUT2D eigenvalue weighted by molar-refractivity contribution is 5.74. The van der Waals surface area contributed by atoms with Crippen LogP contribution in [0.1, 0.15) is 13.3 Å². The monoisotopic (exact) mass is 230 g/mol. The minimum absolute atomic E-state index is 0.0371. The quantitative estimate of drug-likeness (QED) is 0.575. The third-order valence-corrected chi connectivity index (χ3v) is 2.77. The van der Waals surface area contributed by atoms with E-state index in [0.29, 0.717) is 19.6 Å². The summed E-state index contributed by atoms with van der Waals surface area (Å²) in [6.07, 6.45) is 0.535. The van der Waals surface area contributed by atoms with Crippen LogP contribution >= 0.6 is 0 Å². The molecule has 0 aliphatic carbocycles. The van der Waals surface area contributed by atoms with Gasteiger partial charge in [-0.05, 0) is 6.42 Å². The summed E-state index contributed by atoms with van der Waals surface area (Å²) in [5.74, 6) is -0.846. The SMILES string of the molecule is COC[C@@H]1C[C@H](C(=O)O)N[C@H]1CNC(C)=O. The van der Waals surface area contributed by atoms with Gasteiger partial charge >= 0.3 is 5.97 Å². The van der Waals surface area contributed by atoms with Crippen molar-refractivity contribution in [2.45, 2.75) is 25.4 Å². The van der Waals surface area contributed by atoms with Crippen molar-refractivity contribution >= 4 is 11.9 Å². The van der Waals surface area contributed by atoms with Crippen LogP contribution in [0.5, 0.6) is 0 Å².